The van der Waals surface area contributed by atoms with Crippen molar-refractivity contribution in [2.24, 2.45) is 11.8 Å². The minimum atomic E-state index is -4.88. The fourth-order valence-corrected chi connectivity index (χ4v) is 5.32. The van der Waals surface area contributed by atoms with Crippen LogP contribution in [0.2, 0.25) is 0 Å². The van der Waals surface area contributed by atoms with E-state index in [0.29, 0.717) is 5.56 Å². The lowest BCUT2D eigenvalue weighted by Crippen LogP contribution is -2.63. The number of carbonyl (C=O) groups is 2. The van der Waals surface area contributed by atoms with Crippen molar-refractivity contribution in [2.75, 3.05) is 0 Å². The second-order valence-corrected chi connectivity index (χ2v) is 8.47. The van der Waals surface area contributed by atoms with Gasteiger partial charge in [-0.25, -0.2) is 0 Å². The van der Waals surface area contributed by atoms with E-state index in [1.807, 2.05) is 0 Å². The van der Waals surface area contributed by atoms with Gasteiger partial charge in [-0.05, 0) is 23.4 Å². The number of aliphatic hydroxyl groups is 1. The molecule has 1 aromatic heterocycles. The molecule has 0 bridgehead atoms. The summed E-state index contributed by atoms with van der Waals surface area (Å²) in [6.45, 7) is 0. The fraction of sp³-hybridized carbons (Fsp3) is 0.429. The minimum absolute atomic E-state index is 0.0841. The minimum Gasteiger partial charge on any atom is -0.365 e. The number of rotatable bonds is 3. The van der Waals surface area contributed by atoms with Crippen LogP contribution in [-0.2, 0) is 9.53 Å². The maximum absolute atomic E-state index is 14.0. The molecule has 1 saturated heterocycles. The van der Waals surface area contributed by atoms with Gasteiger partial charge in [-0.2, -0.15) is 13.2 Å². The topological polar surface area (TPSA) is 63.6 Å². The van der Waals surface area contributed by atoms with Crippen molar-refractivity contribution in [2.45, 2.75) is 43.2 Å². The van der Waals surface area contributed by atoms with Crippen LogP contribution in [0.25, 0.3) is 0 Å². The molecule has 2 aromatic rings. The molecule has 8 heteroatoms. The van der Waals surface area contributed by atoms with E-state index in [1.54, 1.807) is 41.8 Å². The summed E-state index contributed by atoms with van der Waals surface area (Å²) in [5.74, 6) is -7.38. The number of halogens is 3. The first-order chi connectivity index (χ1) is 13.7. The van der Waals surface area contributed by atoms with E-state index in [-0.39, 0.29) is 29.9 Å². The number of ketones is 2. The van der Waals surface area contributed by atoms with Crippen molar-refractivity contribution in [1.82, 2.24) is 0 Å². The van der Waals surface area contributed by atoms with Crippen LogP contribution in [0.3, 0.4) is 0 Å². The number of Topliss-reactive ketones (excluding diaryl/α,β-unsaturated/α-hetero) is 2. The molecule has 2 heterocycles. The third-order valence-corrected chi connectivity index (χ3v) is 6.65. The molecule has 4 rings (SSSR count). The lowest BCUT2D eigenvalue weighted by atomic mass is 9.62. The fourth-order valence-electron chi connectivity index (χ4n) is 4.61. The summed E-state index contributed by atoms with van der Waals surface area (Å²) >= 11 is 1.04. The van der Waals surface area contributed by atoms with Gasteiger partial charge in [-0.15, -0.1) is 11.3 Å². The Labute approximate surface area is 169 Å². The number of fused-ring (bicyclic) bond motifs is 1. The first kappa shape index (κ1) is 20.3. The zero-order chi connectivity index (χ0) is 20.8. The number of hydrogen-bond donors (Lipinski definition) is 1. The van der Waals surface area contributed by atoms with Crippen molar-refractivity contribution >= 4 is 22.9 Å². The van der Waals surface area contributed by atoms with E-state index in [2.05, 4.69) is 0 Å². The molecule has 0 amide bonds. The van der Waals surface area contributed by atoms with Gasteiger partial charge in [0.25, 0.3) is 0 Å². The molecule has 1 N–H and O–H groups in total. The summed E-state index contributed by atoms with van der Waals surface area (Å²) in [5, 5.41) is 12.6. The SMILES string of the molecule is O=C(c1cccs1)C1C(c2ccccc2)C2C(=O)CCCC2(O)OC1C(F)(F)F. The normalized spacial score (nSPS) is 32.6. The molecule has 29 heavy (non-hydrogen) atoms. The first-order valence-electron chi connectivity index (χ1n) is 9.34. The molecule has 1 saturated carbocycles. The number of benzene rings is 1. The van der Waals surface area contributed by atoms with E-state index in [9.17, 15) is 27.9 Å². The van der Waals surface area contributed by atoms with Crippen molar-refractivity contribution in [3.05, 3.63) is 58.3 Å². The van der Waals surface area contributed by atoms with Gasteiger partial charge in [0.15, 0.2) is 17.7 Å². The van der Waals surface area contributed by atoms with Gasteiger partial charge in [-0.1, -0.05) is 36.4 Å². The van der Waals surface area contributed by atoms with E-state index in [0.717, 1.165) is 11.3 Å². The smallest absolute Gasteiger partial charge is 0.365 e. The van der Waals surface area contributed by atoms with Crippen molar-refractivity contribution < 1.29 is 32.6 Å². The second kappa shape index (κ2) is 7.34. The summed E-state index contributed by atoms with van der Waals surface area (Å²) < 4.78 is 47.3. The Morgan fingerprint density at radius 3 is 2.52 bits per heavy atom. The van der Waals surface area contributed by atoms with Crippen LogP contribution in [0.1, 0.15) is 40.4 Å². The average molecular weight is 424 g/mol. The zero-order valence-electron chi connectivity index (χ0n) is 15.3. The molecule has 2 aliphatic rings. The summed E-state index contributed by atoms with van der Waals surface area (Å²) in [6, 6.07) is 11.2. The molecule has 2 fully saturated rings. The lowest BCUT2D eigenvalue weighted by molar-refractivity contribution is -0.354. The highest BCUT2D eigenvalue weighted by atomic mass is 32.1. The maximum Gasteiger partial charge on any atom is 0.415 e. The van der Waals surface area contributed by atoms with Crippen LogP contribution in [0.4, 0.5) is 13.2 Å². The van der Waals surface area contributed by atoms with E-state index in [1.165, 1.54) is 6.07 Å². The largest absolute Gasteiger partial charge is 0.415 e. The summed E-state index contributed by atoms with van der Waals surface area (Å²) in [4.78, 5) is 26.2. The zero-order valence-corrected chi connectivity index (χ0v) is 16.1. The van der Waals surface area contributed by atoms with E-state index < -0.39 is 41.6 Å². The van der Waals surface area contributed by atoms with Gasteiger partial charge in [0.05, 0.1) is 16.7 Å². The van der Waals surface area contributed by atoms with Gasteiger partial charge in [-0.3, -0.25) is 9.59 Å². The van der Waals surface area contributed by atoms with Crippen LogP contribution < -0.4 is 0 Å². The monoisotopic (exact) mass is 424 g/mol. The second-order valence-electron chi connectivity index (χ2n) is 7.53. The predicted molar refractivity (Wildman–Crippen MR) is 99.5 cm³/mol. The molecule has 1 aliphatic carbocycles. The Bertz CT molecular complexity index is 896. The van der Waals surface area contributed by atoms with Crippen LogP contribution in [0, 0.1) is 11.8 Å². The molecule has 0 radical (unpaired) electrons. The summed E-state index contributed by atoms with van der Waals surface area (Å²) in [5.41, 5.74) is 0.415. The van der Waals surface area contributed by atoms with E-state index >= 15 is 0 Å². The van der Waals surface area contributed by atoms with Crippen molar-refractivity contribution in [3.63, 3.8) is 0 Å². The van der Waals surface area contributed by atoms with Gasteiger partial charge in [0, 0.05) is 18.8 Å². The number of hydrogen-bond acceptors (Lipinski definition) is 5. The number of alkyl halides is 3. The highest BCUT2D eigenvalue weighted by Gasteiger charge is 2.65. The summed E-state index contributed by atoms with van der Waals surface area (Å²) in [6.07, 6.45) is -7.10. The van der Waals surface area contributed by atoms with Crippen molar-refractivity contribution in [1.29, 1.82) is 0 Å². The molecule has 5 atom stereocenters. The van der Waals surface area contributed by atoms with Crippen LogP contribution in [0.15, 0.2) is 47.8 Å². The Balaban J connectivity index is 1.91. The predicted octanol–water partition coefficient (Wildman–Crippen LogP) is 4.35. The highest BCUT2D eigenvalue weighted by Crippen LogP contribution is 2.54. The molecule has 1 aromatic carbocycles. The van der Waals surface area contributed by atoms with Gasteiger partial charge >= 0.3 is 6.18 Å². The average Bonchev–Trinajstić information content (AvgIpc) is 3.21. The number of ether oxygens (including phenoxy) is 1. The Kier molecular flexibility index (Phi) is 5.13. The van der Waals surface area contributed by atoms with Crippen LogP contribution in [0.5, 0.6) is 0 Å². The van der Waals surface area contributed by atoms with Crippen molar-refractivity contribution in [3.8, 4) is 0 Å². The molecule has 0 spiro atoms. The van der Waals surface area contributed by atoms with Crippen LogP contribution in [-0.4, -0.2) is 34.7 Å². The number of thiophene rings is 1. The van der Waals surface area contributed by atoms with Gasteiger partial charge in [0.1, 0.15) is 5.78 Å². The highest BCUT2D eigenvalue weighted by molar-refractivity contribution is 7.12. The van der Waals surface area contributed by atoms with Gasteiger partial charge in [0.2, 0.25) is 0 Å². The molecule has 4 nitrogen and oxygen atoms in total. The standard InChI is InChI=1S/C21H19F3O4S/c22-21(23,24)19-16(18(26)14-9-5-11-29-14)15(12-6-2-1-3-7-12)17-13(25)8-4-10-20(17,27)28-19/h1-3,5-7,9,11,15-17,19,27H,4,8,10H2. The molecule has 154 valence electrons. The maximum atomic E-state index is 14.0. The molecule has 5 unspecified atom stereocenters. The van der Waals surface area contributed by atoms with E-state index in [4.69, 9.17) is 4.74 Å². The first-order valence-corrected chi connectivity index (χ1v) is 10.2. The summed E-state index contributed by atoms with van der Waals surface area (Å²) in [7, 11) is 0. The number of carbonyl (C=O) groups excluding carboxylic acids is 2. The third kappa shape index (κ3) is 3.53. The van der Waals surface area contributed by atoms with Crippen LogP contribution >= 0.6 is 11.3 Å². The Morgan fingerprint density at radius 2 is 1.90 bits per heavy atom. The Morgan fingerprint density at radius 1 is 1.17 bits per heavy atom. The van der Waals surface area contributed by atoms with Gasteiger partial charge < -0.3 is 9.84 Å². The quantitative estimate of drug-likeness (QED) is 0.745. The molecular weight excluding hydrogens is 405 g/mol. The molecule has 1 aliphatic heterocycles. The molecular formula is C21H19F3O4S. The third-order valence-electron chi connectivity index (χ3n) is 5.77. The lowest BCUT2D eigenvalue weighted by Gasteiger charge is -2.52. The Hall–Kier alpha value is -2.03.